The van der Waals surface area contributed by atoms with Crippen LogP contribution in [0.15, 0.2) is 121 Å². The van der Waals surface area contributed by atoms with Crippen molar-refractivity contribution in [2.24, 2.45) is 0 Å². The molecule has 39 heavy (non-hydrogen) atoms. The SMILES string of the molecule is Cc1cc(NC(=O)c2ccccc2-c2ccccc2)ccc1C(=O)N1Cc2ccccc2Cc2ccccc21. The normalized spacial score (nSPS) is 12.2. The molecule has 5 aromatic rings. The maximum atomic E-state index is 13.9. The van der Waals surface area contributed by atoms with Crippen LogP contribution in [0.2, 0.25) is 0 Å². The number of hydrogen-bond donors (Lipinski definition) is 1. The molecule has 6 rings (SSSR count). The molecule has 0 bridgehead atoms. The molecule has 190 valence electrons. The number of aryl methyl sites for hydroxylation is 1. The molecule has 5 aromatic carbocycles. The summed E-state index contributed by atoms with van der Waals surface area (Å²) in [6.45, 7) is 2.43. The first kappa shape index (κ1) is 24.4. The molecule has 0 atom stereocenters. The Labute approximate surface area is 228 Å². The van der Waals surface area contributed by atoms with Gasteiger partial charge in [0.25, 0.3) is 11.8 Å². The van der Waals surface area contributed by atoms with Gasteiger partial charge < -0.3 is 10.2 Å². The Morgan fingerprint density at radius 2 is 1.33 bits per heavy atom. The molecule has 0 aliphatic carbocycles. The Balaban J connectivity index is 1.28. The fourth-order valence-corrected chi connectivity index (χ4v) is 5.33. The summed E-state index contributed by atoms with van der Waals surface area (Å²) in [5.41, 5.74) is 9.00. The second-order valence-corrected chi connectivity index (χ2v) is 9.86. The van der Waals surface area contributed by atoms with Crippen LogP contribution in [0.3, 0.4) is 0 Å². The van der Waals surface area contributed by atoms with Gasteiger partial charge in [0.15, 0.2) is 0 Å². The van der Waals surface area contributed by atoms with Crippen molar-refractivity contribution in [2.75, 3.05) is 10.2 Å². The summed E-state index contributed by atoms with van der Waals surface area (Å²) in [4.78, 5) is 29.1. The van der Waals surface area contributed by atoms with Crippen molar-refractivity contribution in [2.45, 2.75) is 19.9 Å². The highest BCUT2D eigenvalue weighted by atomic mass is 16.2. The molecule has 2 amide bonds. The van der Waals surface area contributed by atoms with Crippen molar-refractivity contribution in [3.05, 3.63) is 155 Å². The van der Waals surface area contributed by atoms with E-state index in [1.807, 2.05) is 109 Å². The Hall–Kier alpha value is -4.96. The molecule has 1 heterocycles. The van der Waals surface area contributed by atoms with E-state index in [-0.39, 0.29) is 11.8 Å². The average molecular weight is 509 g/mol. The van der Waals surface area contributed by atoms with E-state index in [9.17, 15) is 9.59 Å². The zero-order chi connectivity index (χ0) is 26.8. The van der Waals surface area contributed by atoms with E-state index in [1.165, 1.54) is 5.56 Å². The number of para-hydroxylation sites is 1. The number of rotatable bonds is 4. The van der Waals surface area contributed by atoms with E-state index in [2.05, 4.69) is 23.5 Å². The lowest BCUT2D eigenvalue weighted by Gasteiger charge is -2.24. The van der Waals surface area contributed by atoms with Crippen LogP contribution in [0.4, 0.5) is 11.4 Å². The van der Waals surface area contributed by atoms with Gasteiger partial charge in [-0.25, -0.2) is 0 Å². The number of fused-ring (bicyclic) bond motifs is 2. The maximum absolute atomic E-state index is 13.9. The highest BCUT2D eigenvalue weighted by Crippen LogP contribution is 2.32. The largest absolute Gasteiger partial charge is 0.322 e. The first-order chi connectivity index (χ1) is 19.1. The molecule has 0 unspecified atom stereocenters. The molecule has 0 fully saturated rings. The number of benzene rings is 5. The summed E-state index contributed by atoms with van der Waals surface area (Å²) < 4.78 is 0. The lowest BCUT2D eigenvalue weighted by atomic mass is 9.99. The molecule has 0 spiro atoms. The van der Waals surface area contributed by atoms with Gasteiger partial charge in [0.2, 0.25) is 0 Å². The Kier molecular flexibility index (Phi) is 6.52. The van der Waals surface area contributed by atoms with Gasteiger partial charge in [-0.15, -0.1) is 0 Å². The minimum Gasteiger partial charge on any atom is -0.322 e. The molecule has 0 aromatic heterocycles. The summed E-state index contributed by atoms with van der Waals surface area (Å²) in [5.74, 6) is -0.241. The topological polar surface area (TPSA) is 49.4 Å². The third-order valence-electron chi connectivity index (χ3n) is 7.33. The highest BCUT2D eigenvalue weighted by Gasteiger charge is 2.26. The van der Waals surface area contributed by atoms with Gasteiger partial charge in [0.05, 0.1) is 6.54 Å². The van der Waals surface area contributed by atoms with Crippen molar-refractivity contribution in [3.63, 3.8) is 0 Å². The fraction of sp³-hybridized carbons (Fsp3) is 0.0857. The standard InChI is InChI=1S/C35H28N2O2/c1-24-21-29(36-34(38)32-17-9-8-16-31(32)25-11-3-2-4-12-25)19-20-30(24)35(39)37-23-28-15-6-5-13-26(28)22-27-14-7-10-18-33(27)37/h2-21H,22-23H2,1H3,(H,36,38). The first-order valence-corrected chi connectivity index (χ1v) is 13.1. The Morgan fingerprint density at radius 3 is 2.13 bits per heavy atom. The van der Waals surface area contributed by atoms with Gasteiger partial charge in [0, 0.05) is 22.5 Å². The molecule has 4 nitrogen and oxygen atoms in total. The first-order valence-electron chi connectivity index (χ1n) is 13.1. The van der Waals surface area contributed by atoms with E-state index < -0.39 is 0 Å². The monoisotopic (exact) mass is 508 g/mol. The number of carbonyl (C=O) groups excluding carboxylic acids is 2. The predicted octanol–water partition coefficient (Wildman–Crippen LogP) is 7.67. The minimum absolute atomic E-state index is 0.0519. The van der Waals surface area contributed by atoms with E-state index >= 15 is 0 Å². The number of nitrogens with one attached hydrogen (secondary N) is 1. The third kappa shape index (κ3) is 4.85. The van der Waals surface area contributed by atoms with Crippen LogP contribution in [0.25, 0.3) is 11.1 Å². The van der Waals surface area contributed by atoms with E-state index in [0.717, 1.165) is 39.9 Å². The van der Waals surface area contributed by atoms with Crippen LogP contribution in [0, 0.1) is 6.92 Å². The zero-order valence-electron chi connectivity index (χ0n) is 21.7. The average Bonchev–Trinajstić information content (AvgIpc) is 3.14. The molecule has 0 radical (unpaired) electrons. The summed E-state index contributed by atoms with van der Waals surface area (Å²) in [7, 11) is 0. The van der Waals surface area contributed by atoms with Gasteiger partial charge in [-0.3, -0.25) is 9.59 Å². The molecule has 0 saturated heterocycles. The Morgan fingerprint density at radius 1 is 0.667 bits per heavy atom. The molecular weight excluding hydrogens is 480 g/mol. The number of amides is 2. The minimum atomic E-state index is -0.189. The van der Waals surface area contributed by atoms with Gasteiger partial charge in [-0.2, -0.15) is 0 Å². The van der Waals surface area contributed by atoms with Crippen molar-refractivity contribution in [1.29, 1.82) is 0 Å². The van der Waals surface area contributed by atoms with E-state index in [4.69, 9.17) is 0 Å². The smallest absolute Gasteiger partial charge is 0.258 e. The molecule has 1 aliphatic heterocycles. The van der Waals surface area contributed by atoms with Crippen molar-refractivity contribution >= 4 is 23.2 Å². The summed E-state index contributed by atoms with van der Waals surface area (Å²) in [6.07, 6.45) is 0.796. The summed E-state index contributed by atoms with van der Waals surface area (Å²) >= 11 is 0. The second kappa shape index (κ2) is 10.4. The van der Waals surface area contributed by atoms with Crippen molar-refractivity contribution < 1.29 is 9.59 Å². The number of anilines is 2. The lowest BCUT2D eigenvalue weighted by molar-refractivity contribution is 0.0983. The molecule has 4 heteroatoms. The molecule has 1 aliphatic rings. The van der Waals surface area contributed by atoms with Crippen LogP contribution in [-0.4, -0.2) is 11.8 Å². The van der Waals surface area contributed by atoms with Gasteiger partial charge in [-0.1, -0.05) is 91.0 Å². The predicted molar refractivity (Wildman–Crippen MR) is 157 cm³/mol. The Bertz CT molecular complexity index is 1690. The second-order valence-electron chi connectivity index (χ2n) is 9.86. The van der Waals surface area contributed by atoms with Gasteiger partial charge >= 0.3 is 0 Å². The number of carbonyl (C=O) groups is 2. The summed E-state index contributed by atoms with van der Waals surface area (Å²) in [5, 5.41) is 3.03. The van der Waals surface area contributed by atoms with Gasteiger partial charge in [0.1, 0.15) is 0 Å². The molecular formula is C35H28N2O2. The number of nitrogens with zero attached hydrogens (tertiary/aromatic N) is 1. The van der Waals surface area contributed by atoms with Gasteiger partial charge in [-0.05, 0) is 77.1 Å². The van der Waals surface area contributed by atoms with Crippen LogP contribution in [0.5, 0.6) is 0 Å². The van der Waals surface area contributed by atoms with Crippen molar-refractivity contribution in [1.82, 2.24) is 0 Å². The maximum Gasteiger partial charge on any atom is 0.258 e. The fourth-order valence-electron chi connectivity index (χ4n) is 5.33. The highest BCUT2D eigenvalue weighted by molar-refractivity contribution is 6.10. The van der Waals surface area contributed by atoms with Crippen LogP contribution in [0.1, 0.15) is 43.0 Å². The summed E-state index contributed by atoms with van der Waals surface area (Å²) in [6, 6.07) is 39.4. The zero-order valence-corrected chi connectivity index (χ0v) is 21.7. The quantitative estimate of drug-likeness (QED) is 0.271. The van der Waals surface area contributed by atoms with Crippen LogP contribution >= 0.6 is 0 Å². The van der Waals surface area contributed by atoms with Crippen molar-refractivity contribution in [3.8, 4) is 11.1 Å². The molecule has 0 saturated carbocycles. The molecule has 1 N–H and O–H groups in total. The van der Waals surface area contributed by atoms with Crippen LogP contribution < -0.4 is 10.2 Å². The van der Waals surface area contributed by atoms with E-state index in [1.54, 1.807) is 6.07 Å². The van der Waals surface area contributed by atoms with E-state index in [0.29, 0.717) is 23.4 Å². The van der Waals surface area contributed by atoms with Crippen LogP contribution in [-0.2, 0) is 13.0 Å². The number of hydrogen-bond acceptors (Lipinski definition) is 2. The third-order valence-corrected chi connectivity index (χ3v) is 7.33. The lowest BCUT2D eigenvalue weighted by Crippen LogP contribution is -2.31.